The molecule has 0 radical (unpaired) electrons. The van der Waals surface area contributed by atoms with Crippen molar-refractivity contribution in [1.82, 2.24) is 0 Å². The number of carboxylic acid groups (broad SMARTS) is 1. The minimum atomic E-state index is -3.71. The number of carbonyl (C=O) groups excluding carboxylic acids is 1. The van der Waals surface area contributed by atoms with E-state index < -0.39 is 32.4 Å². The number of rotatable bonds is 5. The number of nitrogens with zero attached hydrogens (tertiary/aromatic N) is 1. The third kappa shape index (κ3) is 2.67. The van der Waals surface area contributed by atoms with E-state index >= 15 is 0 Å². The quantitative estimate of drug-likeness (QED) is 0.826. The first-order chi connectivity index (χ1) is 10.6. The van der Waals surface area contributed by atoms with Crippen molar-refractivity contribution in [3.05, 3.63) is 4.85 Å². The second-order valence-corrected chi connectivity index (χ2v) is 10.1. The topological polar surface area (TPSA) is 92.9 Å². The lowest BCUT2D eigenvalue weighted by molar-refractivity contribution is -0.163. The maximum Gasteiger partial charge on any atom is 0.425 e. The minimum absolute atomic E-state index is 0.0539. The molecule has 0 aromatic rings. The average Bonchev–Trinajstić information content (AvgIpc) is 2.34. The molecule has 4 aliphatic rings. The third-order valence-electron chi connectivity index (χ3n) is 6.00. The molecule has 0 aliphatic heterocycles. The van der Waals surface area contributed by atoms with Gasteiger partial charge in [-0.15, -0.1) is 0 Å². The second-order valence-electron chi connectivity index (χ2n) is 8.01. The fraction of sp³-hybridized carbons (Fsp3) is 0.812. The molecule has 1 N–H and O–H groups in total. The van der Waals surface area contributed by atoms with Gasteiger partial charge < -0.3 is 5.11 Å². The van der Waals surface area contributed by atoms with Gasteiger partial charge >= 0.3 is 11.3 Å². The van der Waals surface area contributed by atoms with Gasteiger partial charge in [-0.2, -0.15) is 0 Å². The van der Waals surface area contributed by atoms with Crippen LogP contribution >= 0.6 is 0 Å². The Morgan fingerprint density at radius 1 is 1.26 bits per heavy atom. The summed E-state index contributed by atoms with van der Waals surface area (Å²) >= 11 is 0. The number of hydrogen-bond donors (Lipinski definition) is 1. The molecule has 23 heavy (non-hydrogen) atoms. The molecule has 0 saturated heterocycles. The first-order valence-electron chi connectivity index (χ1n) is 7.94. The molecule has 7 heteroatoms. The van der Waals surface area contributed by atoms with Crippen LogP contribution in [0.2, 0.25) is 0 Å². The second kappa shape index (κ2) is 5.04. The van der Waals surface area contributed by atoms with Gasteiger partial charge in [-0.25, -0.2) is 8.42 Å². The first kappa shape index (κ1) is 16.4. The van der Waals surface area contributed by atoms with E-state index in [0.717, 1.165) is 25.5 Å². The van der Waals surface area contributed by atoms with Gasteiger partial charge in [0, 0.05) is 11.7 Å². The monoisotopic (exact) mass is 340 g/mol. The fourth-order valence-corrected chi connectivity index (χ4v) is 6.76. The van der Waals surface area contributed by atoms with Crippen LogP contribution < -0.4 is 0 Å². The Balaban J connectivity index is 1.97. The summed E-state index contributed by atoms with van der Waals surface area (Å²) in [6.07, 6.45) is 5.44. The maximum absolute atomic E-state index is 13.0. The zero-order valence-corrected chi connectivity index (χ0v) is 14.0. The largest absolute Gasteiger partial charge is 0.481 e. The zero-order chi connectivity index (χ0) is 17.0. The molecule has 4 rings (SSSR count). The molecule has 4 bridgehead atoms. The van der Waals surface area contributed by atoms with Gasteiger partial charge in [-0.1, -0.05) is 4.85 Å². The van der Waals surface area contributed by atoms with E-state index in [0.29, 0.717) is 31.1 Å². The van der Waals surface area contributed by atoms with Crippen molar-refractivity contribution < 1.29 is 23.1 Å². The van der Waals surface area contributed by atoms with Crippen molar-refractivity contribution in [3.8, 4) is 6.57 Å². The normalized spacial score (nSPS) is 39.7. The maximum atomic E-state index is 13.0. The highest BCUT2D eigenvalue weighted by Gasteiger charge is 2.64. The van der Waals surface area contributed by atoms with Gasteiger partial charge in [-0.05, 0) is 55.8 Å². The van der Waals surface area contributed by atoms with E-state index in [1.165, 1.54) is 0 Å². The summed E-state index contributed by atoms with van der Waals surface area (Å²) in [7, 11) is -3.71. The van der Waals surface area contributed by atoms with Crippen LogP contribution in [-0.4, -0.2) is 36.9 Å². The summed E-state index contributed by atoms with van der Waals surface area (Å²) < 4.78 is 23.7. The summed E-state index contributed by atoms with van der Waals surface area (Å²) in [6, 6.07) is 0. The summed E-state index contributed by atoms with van der Waals surface area (Å²) in [6.45, 7) is 5.22. The first-order valence-corrected chi connectivity index (χ1v) is 9.90. The van der Waals surface area contributed by atoms with Crippen LogP contribution in [0, 0.1) is 29.2 Å². The van der Waals surface area contributed by atoms with Gasteiger partial charge in [0.15, 0.2) is 0 Å². The van der Waals surface area contributed by atoms with Crippen LogP contribution in [-0.2, 0) is 19.4 Å². The molecule has 0 amide bonds. The van der Waals surface area contributed by atoms with Crippen molar-refractivity contribution >= 4 is 21.6 Å². The Morgan fingerprint density at radius 3 is 2.26 bits per heavy atom. The van der Waals surface area contributed by atoms with Crippen molar-refractivity contribution in [1.29, 1.82) is 0 Å². The number of hydrogen-bond acceptors (Lipinski definition) is 4. The summed E-state index contributed by atoms with van der Waals surface area (Å²) in [4.78, 5) is 27.6. The molecule has 0 spiro atoms. The molecule has 6 nitrogen and oxygen atoms in total. The number of aliphatic carboxylic acids is 1. The van der Waals surface area contributed by atoms with Gasteiger partial charge in [0.2, 0.25) is 15.6 Å². The fourth-order valence-electron chi connectivity index (χ4n) is 5.90. The molecular weight excluding hydrogens is 318 g/mol. The van der Waals surface area contributed by atoms with Gasteiger partial charge in [-0.3, -0.25) is 9.59 Å². The van der Waals surface area contributed by atoms with Crippen LogP contribution in [0.5, 0.6) is 0 Å². The molecular formula is C16H22NO5S+. The van der Waals surface area contributed by atoms with E-state index in [9.17, 15) is 23.1 Å². The number of sulfone groups is 1. The van der Waals surface area contributed by atoms with E-state index in [-0.39, 0.29) is 11.8 Å². The zero-order valence-electron chi connectivity index (χ0n) is 13.2. The Bertz CT molecular complexity index is 690. The minimum Gasteiger partial charge on any atom is -0.481 e. The summed E-state index contributed by atoms with van der Waals surface area (Å²) in [5.41, 5.74) is -1.14. The molecule has 4 fully saturated rings. The highest BCUT2D eigenvalue weighted by molar-refractivity contribution is 7.92. The van der Waals surface area contributed by atoms with Crippen LogP contribution in [0.4, 0.5) is 0 Å². The van der Waals surface area contributed by atoms with Crippen LogP contribution in [0.25, 0.3) is 4.85 Å². The van der Waals surface area contributed by atoms with Crippen LogP contribution in [0.15, 0.2) is 0 Å². The van der Waals surface area contributed by atoms with Gasteiger partial charge in [0.1, 0.15) is 0 Å². The van der Waals surface area contributed by atoms with E-state index in [1.54, 1.807) is 0 Å². The molecule has 3 unspecified atom stereocenters. The predicted octanol–water partition coefficient (Wildman–Crippen LogP) is 1.95. The molecule has 0 aromatic heterocycles. The highest BCUT2D eigenvalue weighted by atomic mass is 32.2. The van der Waals surface area contributed by atoms with Crippen molar-refractivity contribution in [2.24, 2.45) is 22.7 Å². The average molecular weight is 340 g/mol. The molecule has 0 heterocycles. The smallest absolute Gasteiger partial charge is 0.425 e. The molecule has 4 saturated carbocycles. The van der Waals surface area contributed by atoms with Gasteiger partial charge in [0.25, 0.3) is 6.57 Å². The molecule has 3 atom stereocenters. The standard InChI is InChI=1S/C16H21NO5S/c1-17-14(23(2,21)22)13(20)16-6-10-3-11(7-16)5-15(4-10,9-16)8-12(18)19/h1,10-11,14H,3-9H2,2H3/p+1. The Kier molecular flexibility index (Phi) is 3.60. The summed E-state index contributed by atoms with van der Waals surface area (Å²) in [5, 5.41) is 7.73. The van der Waals surface area contributed by atoms with Crippen LogP contribution in [0.1, 0.15) is 44.9 Å². The highest BCUT2D eigenvalue weighted by Crippen LogP contribution is 2.66. The lowest BCUT2D eigenvalue weighted by Crippen LogP contribution is -2.57. The molecule has 0 aromatic carbocycles. The van der Waals surface area contributed by atoms with Crippen molar-refractivity contribution in [2.45, 2.75) is 50.3 Å². The Hall–Kier alpha value is -1.42. The molecule has 4 aliphatic carbocycles. The lowest BCUT2D eigenvalue weighted by Gasteiger charge is -2.61. The van der Waals surface area contributed by atoms with E-state index in [4.69, 9.17) is 6.57 Å². The number of carboxylic acids is 1. The Morgan fingerprint density at radius 2 is 1.83 bits per heavy atom. The van der Waals surface area contributed by atoms with E-state index in [2.05, 4.69) is 4.85 Å². The number of Topliss-reactive ketones (excluding diaryl/α,β-unsaturated/α-hetero) is 1. The predicted molar refractivity (Wildman–Crippen MR) is 83.7 cm³/mol. The molecule has 126 valence electrons. The summed E-state index contributed by atoms with van der Waals surface area (Å²) in [5.74, 6) is -0.667. The SMILES string of the molecule is C#[N+]C(C(=O)C12CC3CC(CC(CC(=O)O)(C3)C1)C2)S(C)(=O)=O. The van der Waals surface area contributed by atoms with Crippen LogP contribution in [0.3, 0.4) is 0 Å². The van der Waals surface area contributed by atoms with Crippen molar-refractivity contribution in [3.63, 3.8) is 0 Å². The Labute approximate surface area is 136 Å². The third-order valence-corrected chi connectivity index (χ3v) is 7.14. The number of carbonyl (C=O) groups is 2. The number of ketones is 1. The lowest BCUT2D eigenvalue weighted by atomic mass is 9.42. The van der Waals surface area contributed by atoms with E-state index in [1.807, 2.05) is 0 Å². The van der Waals surface area contributed by atoms with Crippen molar-refractivity contribution in [2.75, 3.05) is 6.26 Å². The van der Waals surface area contributed by atoms with Gasteiger partial charge in [0.05, 0.1) is 6.42 Å².